The number of phenolic OH excluding ortho intramolecular Hbond substituents is 2. The Bertz CT molecular complexity index is 1560. The number of benzene rings is 4. The van der Waals surface area contributed by atoms with Crippen molar-refractivity contribution in [3.8, 4) is 11.5 Å². The Morgan fingerprint density at radius 3 is 0.959 bits per heavy atom. The molecule has 4 aromatic rings. The van der Waals surface area contributed by atoms with Crippen molar-refractivity contribution < 1.29 is 61.6 Å². The SMILES string of the molecule is C[C@@H]([C@H](O)c1ccccc1)[NH+](C)C.C[C@@H]([C@H](O)c1ccccc1)[NH+](C)C.O.O=S(=O)([O-])c1ccc(O)cc1.O=S(=O)([O-])c1ccc(O)cc1. The van der Waals surface area contributed by atoms with Crippen molar-refractivity contribution in [2.75, 3.05) is 28.2 Å². The Morgan fingerprint density at radius 2 is 0.755 bits per heavy atom. The number of aliphatic hydroxyl groups excluding tert-OH is 2. The molecule has 0 unspecified atom stereocenters. The predicted octanol–water partition coefficient (Wildman–Crippen LogP) is 0.274. The van der Waals surface area contributed by atoms with Crippen LogP contribution in [0.3, 0.4) is 0 Å². The Balaban J connectivity index is 0.000000625. The highest BCUT2D eigenvalue weighted by molar-refractivity contribution is 7.86. The zero-order valence-electron chi connectivity index (χ0n) is 28.3. The number of rotatable bonds is 8. The summed E-state index contributed by atoms with van der Waals surface area (Å²) in [6, 6.07) is 28.8. The van der Waals surface area contributed by atoms with Crippen LogP contribution >= 0.6 is 0 Å². The molecule has 272 valence electrons. The third-order valence-electron chi connectivity index (χ3n) is 7.30. The van der Waals surface area contributed by atoms with E-state index in [2.05, 4.69) is 28.2 Å². The second-order valence-electron chi connectivity index (χ2n) is 11.3. The third kappa shape index (κ3) is 16.9. The zero-order valence-corrected chi connectivity index (χ0v) is 29.9. The van der Waals surface area contributed by atoms with Crippen molar-refractivity contribution in [3.05, 3.63) is 120 Å². The maximum absolute atomic E-state index is 10.3. The average Bonchev–Trinajstić information content (AvgIpc) is 3.04. The van der Waals surface area contributed by atoms with Crippen LogP contribution in [-0.2, 0) is 20.2 Å². The fourth-order valence-electron chi connectivity index (χ4n) is 3.73. The third-order valence-corrected chi connectivity index (χ3v) is 9.00. The van der Waals surface area contributed by atoms with E-state index >= 15 is 0 Å². The van der Waals surface area contributed by atoms with Crippen LogP contribution in [0, 0.1) is 0 Å². The topological polar surface area (TPSA) is 236 Å². The van der Waals surface area contributed by atoms with Gasteiger partial charge >= 0.3 is 0 Å². The van der Waals surface area contributed by atoms with Crippen LogP contribution in [0.4, 0.5) is 0 Å². The number of quaternary nitrogens is 2. The number of aromatic hydroxyl groups is 2. The second kappa shape index (κ2) is 21.2. The minimum atomic E-state index is -4.38. The van der Waals surface area contributed by atoms with Gasteiger partial charge in [-0.3, -0.25) is 0 Å². The lowest BCUT2D eigenvalue weighted by atomic mass is 10.0. The van der Waals surface area contributed by atoms with Gasteiger partial charge in [0.2, 0.25) is 0 Å². The van der Waals surface area contributed by atoms with Crippen LogP contribution in [0.5, 0.6) is 11.5 Å². The van der Waals surface area contributed by atoms with E-state index in [1.54, 1.807) is 0 Å². The highest BCUT2D eigenvalue weighted by Crippen LogP contribution is 2.16. The van der Waals surface area contributed by atoms with Gasteiger partial charge in [-0.25, -0.2) is 16.8 Å². The van der Waals surface area contributed by atoms with Gasteiger partial charge in [0.1, 0.15) is 56.0 Å². The predicted molar refractivity (Wildman–Crippen MR) is 183 cm³/mol. The van der Waals surface area contributed by atoms with Crippen LogP contribution in [0.2, 0.25) is 0 Å². The summed E-state index contributed by atoms with van der Waals surface area (Å²) in [5.41, 5.74) is 1.99. The number of hydrogen-bond donors (Lipinski definition) is 6. The molecular weight excluding hydrogens is 677 g/mol. The summed E-state index contributed by atoms with van der Waals surface area (Å²) in [5, 5.41) is 37.3. The molecular formula is C34H48N2O11S2. The Hall–Kier alpha value is -3.90. The van der Waals surface area contributed by atoms with Gasteiger partial charge in [-0.2, -0.15) is 0 Å². The average molecular weight is 725 g/mol. The first-order valence-corrected chi connectivity index (χ1v) is 17.6. The molecule has 0 aliphatic carbocycles. The van der Waals surface area contributed by atoms with Crippen LogP contribution in [0.1, 0.15) is 37.2 Å². The molecule has 0 saturated carbocycles. The fourth-order valence-corrected chi connectivity index (χ4v) is 4.67. The van der Waals surface area contributed by atoms with Gasteiger partial charge in [0.05, 0.1) is 38.0 Å². The number of aliphatic hydroxyl groups is 2. The van der Waals surface area contributed by atoms with Gasteiger partial charge in [0.25, 0.3) is 0 Å². The van der Waals surface area contributed by atoms with E-state index in [9.17, 15) is 36.2 Å². The molecule has 0 spiro atoms. The summed E-state index contributed by atoms with van der Waals surface area (Å²) in [6.07, 6.45) is -0.739. The summed E-state index contributed by atoms with van der Waals surface area (Å²) in [6.45, 7) is 4.10. The molecule has 0 amide bonds. The molecule has 0 bridgehead atoms. The molecule has 0 heterocycles. The molecule has 15 heteroatoms. The molecule has 0 fully saturated rings. The minimum Gasteiger partial charge on any atom is -0.744 e. The monoisotopic (exact) mass is 724 g/mol. The molecule has 0 radical (unpaired) electrons. The molecule has 0 aromatic heterocycles. The van der Waals surface area contributed by atoms with Crippen molar-refractivity contribution >= 4 is 20.2 Å². The van der Waals surface area contributed by atoms with E-state index in [1.165, 1.54) is 9.80 Å². The largest absolute Gasteiger partial charge is 0.744 e. The molecule has 13 nitrogen and oxygen atoms in total. The van der Waals surface area contributed by atoms with Gasteiger partial charge in [0.15, 0.2) is 0 Å². The molecule has 0 saturated heterocycles. The normalized spacial score (nSPS) is 13.5. The van der Waals surface area contributed by atoms with Crippen molar-refractivity contribution in [1.82, 2.24) is 0 Å². The molecule has 49 heavy (non-hydrogen) atoms. The number of hydrogen-bond acceptors (Lipinski definition) is 10. The minimum absolute atomic E-state index is 0. The van der Waals surface area contributed by atoms with Gasteiger partial charge < -0.3 is 44.8 Å². The zero-order chi connectivity index (χ0) is 36.7. The van der Waals surface area contributed by atoms with Crippen molar-refractivity contribution in [1.29, 1.82) is 0 Å². The quantitative estimate of drug-likeness (QED) is 0.136. The van der Waals surface area contributed by atoms with E-state index < -0.39 is 20.2 Å². The smallest absolute Gasteiger partial charge is 0.130 e. The lowest BCUT2D eigenvalue weighted by Gasteiger charge is -2.22. The van der Waals surface area contributed by atoms with E-state index in [0.717, 1.165) is 59.7 Å². The highest BCUT2D eigenvalue weighted by atomic mass is 32.2. The summed E-state index contributed by atoms with van der Waals surface area (Å²) >= 11 is 0. The summed E-state index contributed by atoms with van der Waals surface area (Å²) in [4.78, 5) is 1.85. The van der Waals surface area contributed by atoms with Crippen molar-refractivity contribution in [3.63, 3.8) is 0 Å². The molecule has 0 aliphatic rings. The first-order valence-electron chi connectivity index (χ1n) is 14.8. The van der Waals surface area contributed by atoms with Gasteiger partial charge in [0, 0.05) is 0 Å². The highest BCUT2D eigenvalue weighted by Gasteiger charge is 2.21. The summed E-state index contributed by atoms with van der Waals surface area (Å²) < 4.78 is 61.8. The second-order valence-corrected chi connectivity index (χ2v) is 14.1. The van der Waals surface area contributed by atoms with Crippen molar-refractivity contribution in [2.24, 2.45) is 0 Å². The van der Waals surface area contributed by atoms with Crippen LogP contribution < -0.4 is 9.80 Å². The fraction of sp³-hybridized carbons (Fsp3) is 0.294. The maximum atomic E-state index is 10.3. The standard InChI is InChI=1S/2C11H17NO.2C6H6O4S.H2O/c2*1-9(12(2)3)11(13)10-7-5-4-6-8-10;2*7-5-1-3-6(4-2-5)11(8,9)10;/h2*4-9,11,13H,1-3H3;2*1-4,7H,(H,8,9,10);1H2/t2*9-,11-;;;/m00.../s1. The first-order chi connectivity index (χ1) is 22.2. The molecule has 4 atom stereocenters. The lowest BCUT2D eigenvalue weighted by molar-refractivity contribution is -0.888. The number of phenols is 2. The molecule has 4 aromatic carbocycles. The number of likely N-dealkylation sites (N-methyl/N-ethyl adjacent to an activating group) is 2. The van der Waals surface area contributed by atoms with E-state index in [0.29, 0.717) is 0 Å². The number of nitrogens with one attached hydrogen (secondary N) is 2. The Labute approximate surface area is 289 Å². The van der Waals surface area contributed by atoms with E-state index in [4.69, 9.17) is 10.2 Å². The van der Waals surface area contributed by atoms with Gasteiger partial charge in [-0.1, -0.05) is 60.7 Å². The summed E-state index contributed by atoms with van der Waals surface area (Å²) in [5.74, 6) is -0.144. The van der Waals surface area contributed by atoms with Gasteiger partial charge in [-0.05, 0) is 73.5 Å². The lowest BCUT2D eigenvalue weighted by Crippen LogP contribution is -3.10. The Morgan fingerprint density at radius 1 is 0.510 bits per heavy atom. The first kappa shape index (κ1) is 45.1. The van der Waals surface area contributed by atoms with E-state index in [-0.39, 0.29) is 51.1 Å². The molecule has 8 N–H and O–H groups in total. The molecule has 0 aliphatic heterocycles. The molecule has 4 rings (SSSR count). The van der Waals surface area contributed by atoms with Crippen LogP contribution in [-0.4, -0.2) is 92.1 Å². The van der Waals surface area contributed by atoms with Gasteiger partial charge in [-0.15, -0.1) is 0 Å². The summed E-state index contributed by atoms with van der Waals surface area (Å²) in [7, 11) is -0.552. The van der Waals surface area contributed by atoms with Crippen LogP contribution in [0.25, 0.3) is 0 Å². The Kier molecular flexibility index (Phi) is 19.6. The van der Waals surface area contributed by atoms with Crippen molar-refractivity contribution in [2.45, 2.75) is 47.9 Å². The van der Waals surface area contributed by atoms with Crippen LogP contribution in [0.15, 0.2) is 119 Å². The van der Waals surface area contributed by atoms with E-state index in [1.807, 2.05) is 74.5 Å². The maximum Gasteiger partial charge on any atom is 0.130 e.